The van der Waals surface area contributed by atoms with E-state index in [-0.39, 0.29) is 16.8 Å². The molecule has 0 bridgehead atoms. The van der Waals surface area contributed by atoms with Crippen LogP contribution in [0.15, 0.2) is 30.5 Å². The highest BCUT2D eigenvalue weighted by atomic mass is 19.1. The SMILES string of the molecule is C[C@]12Cc3cnn(-c4ccc(F)cc4)c3CC1CC[C@@]21CCCCO1. The molecule has 2 aliphatic carbocycles. The molecule has 2 heterocycles. The number of ether oxygens (including phenoxy) is 1. The molecule has 1 saturated carbocycles. The zero-order valence-electron chi connectivity index (χ0n) is 14.8. The molecule has 25 heavy (non-hydrogen) atoms. The van der Waals surface area contributed by atoms with Gasteiger partial charge in [0.25, 0.3) is 0 Å². The molecule has 1 aromatic carbocycles. The van der Waals surface area contributed by atoms with Crippen molar-refractivity contribution in [1.29, 1.82) is 0 Å². The van der Waals surface area contributed by atoms with Gasteiger partial charge in [0.05, 0.1) is 17.5 Å². The van der Waals surface area contributed by atoms with Crippen LogP contribution in [-0.4, -0.2) is 22.0 Å². The van der Waals surface area contributed by atoms with Crippen molar-refractivity contribution in [2.75, 3.05) is 6.61 Å². The molecular weight excluding hydrogens is 315 g/mol. The Morgan fingerprint density at radius 2 is 2.04 bits per heavy atom. The highest BCUT2D eigenvalue weighted by Gasteiger charge is 2.60. The maximum atomic E-state index is 13.3. The summed E-state index contributed by atoms with van der Waals surface area (Å²) in [5, 5.41) is 4.64. The second kappa shape index (κ2) is 5.41. The Kier molecular flexibility index (Phi) is 3.37. The van der Waals surface area contributed by atoms with Crippen LogP contribution in [0.4, 0.5) is 4.39 Å². The second-order valence-corrected chi connectivity index (χ2v) is 8.34. The van der Waals surface area contributed by atoms with Crippen LogP contribution in [0.3, 0.4) is 0 Å². The monoisotopic (exact) mass is 340 g/mol. The van der Waals surface area contributed by atoms with Crippen LogP contribution >= 0.6 is 0 Å². The molecular formula is C21H25FN2O. The molecule has 1 unspecified atom stereocenters. The van der Waals surface area contributed by atoms with Gasteiger partial charge in [0.2, 0.25) is 0 Å². The predicted octanol–water partition coefficient (Wildman–Crippen LogP) is 4.47. The Morgan fingerprint density at radius 1 is 1.20 bits per heavy atom. The fraction of sp³-hybridized carbons (Fsp3) is 0.571. The Hall–Kier alpha value is -1.68. The van der Waals surface area contributed by atoms with Gasteiger partial charge in [-0.25, -0.2) is 9.07 Å². The first-order valence-electron chi connectivity index (χ1n) is 9.57. The van der Waals surface area contributed by atoms with E-state index >= 15 is 0 Å². The van der Waals surface area contributed by atoms with Gasteiger partial charge in [0.15, 0.2) is 0 Å². The molecule has 3 atom stereocenters. The van der Waals surface area contributed by atoms with Crippen molar-refractivity contribution in [3.8, 4) is 5.69 Å². The summed E-state index contributed by atoms with van der Waals surface area (Å²) in [6.45, 7) is 3.37. The smallest absolute Gasteiger partial charge is 0.123 e. The quantitative estimate of drug-likeness (QED) is 0.766. The summed E-state index contributed by atoms with van der Waals surface area (Å²) in [7, 11) is 0. The van der Waals surface area contributed by atoms with Crippen LogP contribution in [0.1, 0.15) is 50.3 Å². The van der Waals surface area contributed by atoms with Crippen LogP contribution in [0.5, 0.6) is 0 Å². The standard InChI is InChI=1S/C21H25FN2O/c1-20-13-15-14-23-24(18-6-4-17(22)5-7-18)19(15)12-16(20)8-10-21(20)9-2-3-11-25-21/h4-7,14,16H,2-3,8-13H2,1H3/t16?,20-,21-/m0/s1. The molecule has 1 aliphatic heterocycles. The normalized spacial score (nSPS) is 34.1. The predicted molar refractivity (Wildman–Crippen MR) is 94.3 cm³/mol. The van der Waals surface area contributed by atoms with Gasteiger partial charge in [0.1, 0.15) is 5.82 Å². The molecule has 0 amide bonds. The van der Waals surface area contributed by atoms with Crippen molar-refractivity contribution in [2.24, 2.45) is 11.3 Å². The van der Waals surface area contributed by atoms with Gasteiger partial charge in [-0.15, -0.1) is 0 Å². The van der Waals surface area contributed by atoms with Crippen LogP contribution < -0.4 is 0 Å². The summed E-state index contributed by atoms with van der Waals surface area (Å²) < 4.78 is 21.7. The summed E-state index contributed by atoms with van der Waals surface area (Å²) in [5.41, 5.74) is 3.90. The van der Waals surface area contributed by atoms with E-state index in [0.29, 0.717) is 5.92 Å². The third kappa shape index (κ3) is 2.16. The summed E-state index contributed by atoms with van der Waals surface area (Å²) in [6, 6.07) is 6.65. The molecule has 1 spiro atoms. The lowest BCUT2D eigenvalue weighted by Gasteiger charge is -2.50. The second-order valence-electron chi connectivity index (χ2n) is 8.34. The van der Waals surface area contributed by atoms with Crippen LogP contribution in [-0.2, 0) is 17.6 Å². The maximum absolute atomic E-state index is 13.3. The lowest BCUT2D eigenvalue weighted by molar-refractivity contribution is -0.150. The third-order valence-corrected chi connectivity index (χ3v) is 7.22. The first-order valence-corrected chi connectivity index (χ1v) is 9.57. The van der Waals surface area contributed by atoms with Gasteiger partial charge < -0.3 is 4.74 Å². The first kappa shape index (κ1) is 15.6. The van der Waals surface area contributed by atoms with Crippen molar-refractivity contribution >= 4 is 0 Å². The molecule has 132 valence electrons. The zero-order valence-corrected chi connectivity index (χ0v) is 14.8. The minimum atomic E-state index is -0.204. The maximum Gasteiger partial charge on any atom is 0.123 e. The number of nitrogens with zero attached hydrogens (tertiary/aromatic N) is 2. The van der Waals surface area contributed by atoms with Gasteiger partial charge in [-0.2, -0.15) is 5.10 Å². The van der Waals surface area contributed by atoms with Crippen LogP contribution in [0.2, 0.25) is 0 Å². The topological polar surface area (TPSA) is 27.1 Å². The average molecular weight is 340 g/mol. The fourth-order valence-corrected chi connectivity index (χ4v) is 5.72. The number of fused-ring (bicyclic) bond motifs is 3. The molecule has 0 N–H and O–H groups in total. The third-order valence-electron chi connectivity index (χ3n) is 7.22. The molecule has 5 rings (SSSR count). The minimum Gasteiger partial charge on any atom is -0.374 e. The van der Waals surface area contributed by atoms with Gasteiger partial charge in [-0.3, -0.25) is 0 Å². The summed E-state index contributed by atoms with van der Waals surface area (Å²) in [6.07, 6.45) is 10.3. The van der Waals surface area contributed by atoms with E-state index in [0.717, 1.165) is 25.1 Å². The number of hydrogen-bond donors (Lipinski definition) is 0. The van der Waals surface area contributed by atoms with Crippen molar-refractivity contribution in [1.82, 2.24) is 9.78 Å². The number of rotatable bonds is 1. The van der Waals surface area contributed by atoms with E-state index < -0.39 is 0 Å². The average Bonchev–Trinajstić information content (AvgIpc) is 3.14. The Balaban J connectivity index is 1.52. The van der Waals surface area contributed by atoms with E-state index in [1.165, 1.54) is 55.5 Å². The Labute approximate surface area is 148 Å². The van der Waals surface area contributed by atoms with Crippen LogP contribution in [0.25, 0.3) is 5.69 Å². The summed E-state index contributed by atoms with van der Waals surface area (Å²) in [4.78, 5) is 0. The van der Waals surface area contributed by atoms with Gasteiger partial charge in [-0.05, 0) is 80.7 Å². The highest BCUT2D eigenvalue weighted by molar-refractivity contribution is 5.38. The molecule has 2 aromatic rings. The van der Waals surface area contributed by atoms with E-state index in [2.05, 4.69) is 12.0 Å². The summed E-state index contributed by atoms with van der Waals surface area (Å²) >= 11 is 0. The molecule has 4 heteroatoms. The highest BCUT2D eigenvalue weighted by Crippen LogP contribution is 2.60. The number of halogens is 1. The molecule has 3 nitrogen and oxygen atoms in total. The number of hydrogen-bond acceptors (Lipinski definition) is 2. The summed E-state index contributed by atoms with van der Waals surface area (Å²) in [5.74, 6) is 0.443. The first-order chi connectivity index (χ1) is 12.1. The van der Waals surface area contributed by atoms with E-state index in [1.807, 2.05) is 23.0 Å². The van der Waals surface area contributed by atoms with E-state index in [1.54, 1.807) is 0 Å². The van der Waals surface area contributed by atoms with Crippen LogP contribution in [0, 0.1) is 17.2 Å². The minimum absolute atomic E-state index is 0.0750. The molecule has 1 saturated heterocycles. The lowest BCUT2D eigenvalue weighted by atomic mass is 9.61. The van der Waals surface area contributed by atoms with Crippen molar-refractivity contribution < 1.29 is 9.13 Å². The Morgan fingerprint density at radius 3 is 2.80 bits per heavy atom. The molecule has 0 radical (unpaired) electrons. The molecule has 2 fully saturated rings. The number of benzene rings is 1. The van der Waals surface area contributed by atoms with E-state index in [9.17, 15) is 4.39 Å². The molecule has 1 aromatic heterocycles. The van der Waals surface area contributed by atoms with E-state index in [4.69, 9.17) is 4.74 Å². The van der Waals surface area contributed by atoms with Gasteiger partial charge in [-0.1, -0.05) is 6.92 Å². The lowest BCUT2D eigenvalue weighted by Crippen LogP contribution is -2.52. The van der Waals surface area contributed by atoms with Gasteiger partial charge >= 0.3 is 0 Å². The fourth-order valence-electron chi connectivity index (χ4n) is 5.72. The Bertz CT molecular complexity index is 791. The van der Waals surface area contributed by atoms with Crippen molar-refractivity contribution in [3.05, 3.63) is 47.5 Å². The largest absolute Gasteiger partial charge is 0.374 e. The zero-order chi connectivity index (χ0) is 17.1. The van der Waals surface area contributed by atoms with Gasteiger partial charge in [0, 0.05) is 17.7 Å². The molecule has 3 aliphatic rings. The van der Waals surface area contributed by atoms with Crippen molar-refractivity contribution in [3.63, 3.8) is 0 Å². The number of aromatic nitrogens is 2. The van der Waals surface area contributed by atoms with Crippen molar-refractivity contribution in [2.45, 2.75) is 57.5 Å².